The highest BCUT2D eigenvalue weighted by atomic mass is 19.1. The maximum absolute atomic E-state index is 13.7. The lowest BCUT2D eigenvalue weighted by molar-refractivity contribution is 0.103. The van der Waals surface area contributed by atoms with Gasteiger partial charge in [-0.25, -0.2) is 4.39 Å². The highest BCUT2D eigenvalue weighted by Gasteiger charge is 2.16. The zero-order valence-electron chi connectivity index (χ0n) is 10.4. The number of carbonyl (C=O) groups is 1. The van der Waals surface area contributed by atoms with Crippen LogP contribution in [0.4, 0.5) is 4.39 Å². The first-order valence-corrected chi connectivity index (χ1v) is 6.07. The SMILES string of the molecule is O=C(c1ccc2ccccc2c1)c1cc[nH]c(=O)c1F. The Morgan fingerprint density at radius 3 is 2.55 bits per heavy atom. The molecule has 20 heavy (non-hydrogen) atoms. The van der Waals surface area contributed by atoms with Crippen LogP contribution in [-0.4, -0.2) is 10.8 Å². The number of benzene rings is 2. The van der Waals surface area contributed by atoms with Crippen molar-refractivity contribution in [3.05, 3.63) is 82.0 Å². The fraction of sp³-hybridized carbons (Fsp3) is 0. The lowest BCUT2D eigenvalue weighted by Gasteiger charge is -2.04. The van der Waals surface area contributed by atoms with Gasteiger partial charge in [-0.15, -0.1) is 0 Å². The van der Waals surface area contributed by atoms with Crippen LogP contribution in [-0.2, 0) is 0 Å². The number of hydrogen-bond acceptors (Lipinski definition) is 2. The third-order valence-electron chi connectivity index (χ3n) is 3.16. The molecule has 1 N–H and O–H groups in total. The van der Waals surface area contributed by atoms with Crippen molar-refractivity contribution in [1.29, 1.82) is 0 Å². The first-order valence-electron chi connectivity index (χ1n) is 6.07. The van der Waals surface area contributed by atoms with E-state index in [2.05, 4.69) is 4.98 Å². The number of hydrogen-bond donors (Lipinski definition) is 1. The second-order valence-corrected chi connectivity index (χ2v) is 4.43. The van der Waals surface area contributed by atoms with Gasteiger partial charge in [0.25, 0.3) is 5.56 Å². The highest BCUT2D eigenvalue weighted by molar-refractivity contribution is 6.10. The number of aromatic amines is 1. The van der Waals surface area contributed by atoms with Crippen molar-refractivity contribution in [2.24, 2.45) is 0 Å². The molecule has 0 aliphatic carbocycles. The second-order valence-electron chi connectivity index (χ2n) is 4.43. The number of pyridine rings is 1. The van der Waals surface area contributed by atoms with E-state index in [0.29, 0.717) is 5.56 Å². The summed E-state index contributed by atoms with van der Waals surface area (Å²) in [6.45, 7) is 0. The van der Waals surface area contributed by atoms with Gasteiger partial charge in [0, 0.05) is 11.8 Å². The number of carbonyl (C=O) groups excluding carboxylic acids is 1. The quantitative estimate of drug-likeness (QED) is 0.726. The minimum Gasteiger partial charge on any atom is -0.327 e. The summed E-state index contributed by atoms with van der Waals surface area (Å²) in [5.41, 5.74) is -0.756. The van der Waals surface area contributed by atoms with E-state index in [1.54, 1.807) is 18.2 Å². The Hall–Kier alpha value is -2.75. The molecule has 1 heterocycles. The predicted octanol–water partition coefficient (Wildman–Crippen LogP) is 2.90. The molecule has 0 aliphatic heterocycles. The van der Waals surface area contributed by atoms with E-state index < -0.39 is 17.2 Å². The van der Waals surface area contributed by atoms with Crippen LogP contribution in [0.15, 0.2) is 59.5 Å². The Morgan fingerprint density at radius 1 is 1.00 bits per heavy atom. The van der Waals surface area contributed by atoms with Gasteiger partial charge in [0.05, 0.1) is 5.56 Å². The van der Waals surface area contributed by atoms with Gasteiger partial charge in [0.1, 0.15) is 0 Å². The van der Waals surface area contributed by atoms with E-state index in [1.165, 1.54) is 12.3 Å². The maximum atomic E-state index is 13.7. The van der Waals surface area contributed by atoms with Gasteiger partial charge in [-0.1, -0.05) is 36.4 Å². The van der Waals surface area contributed by atoms with E-state index in [9.17, 15) is 14.0 Å². The molecular weight excluding hydrogens is 257 g/mol. The summed E-state index contributed by atoms with van der Waals surface area (Å²) in [7, 11) is 0. The zero-order valence-corrected chi connectivity index (χ0v) is 10.4. The van der Waals surface area contributed by atoms with Crippen molar-refractivity contribution in [2.45, 2.75) is 0 Å². The largest absolute Gasteiger partial charge is 0.327 e. The molecule has 0 amide bonds. The Balaban J connectivity index is 2.13. The molecule has 0 saturated heterocycles. The average Bonchev–Trinajstić information content (AvgIpc) is 2.49. The van der Waals surface area contributed by atoms with Crippen molar-refractivity contribution in [3.8, 4) is 0 Å². The summed E-state index contributed by atoms with van der Waals surface area (Å²) in [5, 5.41) is 1.89. The van der Waals surface area contributed by atoms with E-state index in [4.69, 9.17) is 0 Å². The summed E-state index contributed by atoms with van der Waals surface area (Å²) in [6.07, 6.45) is 1.26. The lowest BCUT2D eigenvalue weighted by Crippen LogP contribution is -2.16. The standard InChI is InChI=1S/C16H10FNO2/c17-14-13(7-8-18-16(14)20)15(19)12-6-5-10-3-1-2-4-11(10)9-12/h1-9H,(H,18,20). The van der Waals surface area contributed by atoms with Gasteiger partial charge >= 0.3 is 0 Å². The molecule has 0 saturated carbocycles. The summed E-state index contributed by atoms with van der Waals surface area (Å²) >= 11 is 0. The van der Waals surface area contributed by atoms with E-state index in [-0.39, 0.29) is 5.56 Å². The van der Waals surface area contributed by atoms with Gasteiger partial charge in [0.2, 0.25) is 0 Å². The van der Waals surface area contributed by atoms with Gasteiger partial charge in [-0.3, -0.25) is 9.59 Å². The molecule has 3 aromatic rings. The number of ketones is 1. The van der Waals surface area contributed by atoms with Gasteiger partial charge in [0.15, 0.2) is 11.6 Å². The molecule has 0 bridgehead atoms. The molecule has 0 spiro atoms. The number of nitrogens with one attached hydrogen (secondary N) is 1. The minimum atomic E-state index is -1.05. The highest BCUT2D eigenvalue weighted by Crippen LogP contribution is 2.18. The number of rotatable bonds is 2. The predicted molar refractivity (Wildman–Crippen MR) is 74.4 cm³/mol. The van der Waals surface area contributed by atoms with Crippen LogP contribution in [0, 0.1) is 5.82 Å². The molecule has 0 aliphatic rings. The first kappa shape index (κ1) is 12.3. The van der Waals surface area contributed by atoms with Crippen LogP contribution >= 0.6 is 0 Å². The van der Waals surface area contributed by atoms with Crippen LogP contribution in [0.1, 0.15) is 15.9 Å². The average molecular weight is 267 g/mol. The van der Waals surface area contributed by atoms with Gasteiger partial charge in [-0.05, 0) is 22.9 Å². The zero-order chi connectivity index (χ0) is 14.1. The van der Waals surface area contributed by atoms with Crippen LogP contribution in [0.5, 0.6) is 0 Å². The van der Waals surface area contributed by atoms with Crippen molar-refractivity contribution in [2.75, 3.05) is 0 Å². The molecule has 0 radical (unpaired) electrons. The Morgan fingerprint density at radius 2 is 1.75 bits per heavy atom. The molecule has 2 aromatic carbocycles. The Kier molecular flexibility index (Phi) is 2.91. The number of fused-ring (bicyclic) bond motifs is 1. The lowest BCUT2D eigenvalue weighted by atomic mass is 10.0. The molecule has 4 heteroatoms. The number of H-pyrrole nitrogens is 1. The van der Waals surface area contributed by atoms with E-state index in [1.807, 2.05) is 24.3 Å². The van der Waals surface area contributed by atoms with Crippen molar-refractivity contribution in [3.63, 3.8) is 0 Å². The molecule has 0 fully saturated rings. The third-order valence-corrected chi connectivity index (χ3v) is 3.16. The molecule has 1 aromatic heterocycles. The van der Waals surface area contributed by atoms with Crippen LogP contribution in [0.3, 0.4) is 0 Å². The maximum Gasteiger partial charge on any atom is 0.284 e. The van der Waals surface area contributed by atoms with Crippen molar-refractivity contribution < 1.29 is 9.18 Å². The molecule has 3 nitrogen and oxygen atoms in total. The summed E-state index contributed by atoms with van der Waals surface area (Å²) in [4.78, 5) is 25.7. The van der Waals surface area contributed by atoms with Crippen LogP contribution in [0.2, 0.25) is 0 Å². The number of halogens is 1. The molecule has 98 valence electrons. The third kappa shape index (κ3) is 2.01. The van der Waals surface area contributed by atoms with E-state index in [0.717, 1.165) is 10.8 Å². The molecule has 3 rings (SSSR count). The van der Waals surface area contributed by atoms with Crippen molar-refractivity contribution in [1.82, 2.24) is 4.98 Å². The normalized spacial score (nSPS) is 10.7. The van der Waals surface area contributed by atoms with Crippen LogP contribution < -0.4 is 5.56 Å². The molecule has 0 atom stereocenters. The summed E-state index contributed by atoms with van der Waals surface area (Å²) in [6, 6.07) is 14.0. The van der Waals surface area contributed by atoms with Gasteiger partial charge < -0.3 is 4.98 Å². The minimum absolute atomic E-state index is 0.218. The van der Waals surface area contributed by atoms with E-state index >= 15 is 0 Å². The Bertz CT molecular complexity index is 867. The monoisotopic (exact) mass is 267 g/mol. The Labute approximate surface area is 113 Å². The first-order chi connectivity index (χ1) is 9.66. The second kappa shape index (κ2) is 4.74. The topological polar surface area (TPSA) is 49.9 Å². The smallest absolute Gasteiger partial charge is 0.284 e. The summed E-state index contributed by atoms with van der Waals surface area (Å²) in [5.74, 6) is -1.55. The fourth-order valence-electron chi connectivity index (χ4n) is 2.12. The summed E-state index contributed by atoms with van der Waals surface area (Å²) < 4.78 is 13.7. The van der Waals surface area contributed by atoms with Crippen molar-refractivity contribution >= 4 is 16.6 Å². The van der Waals surface area contributed by atoms with Gasteiger partial charge in [-0.2, -0.15) is 0 Å². The van der Waals surface area contributed by atoms with Crippen LogP contribution in [0.25, 0.3) is 10.8 Å². The fourth-order valence-corrected chi connectivity index (χ4v) is 2.12. The molecular formula is C16H10FNO2. The molecule has 0 unspecified atom stereocenters. The number of aromatic nitrogens is 1.